The first-order chi connectivity index (χ1) is 13.6. The standard InChI is InChI=1S/C26H52O2/c1-5-7-9-11-12-13-14-15-16-17-18-19-20-22-24-26(3,25(27)28-4)23-21-10-8-6-2/h5-24H2,1-4H3. The Labute approximate surface area is 177 Å². The average Bonchev–Trinajstić information content (AvgIpc) is 2.70. The molecule has 0 aromatic carbocycles. The van der Waals surface area contributed by atoms with Crippen molar-refractivity contribution >= 4 is 5.97 Å². The number of hydrogen-bond donors (Lipinski definition) is 0. The van der Waals surface area contributed by atoms with Gasteiger partial charge in [0.1, 0.15) is 0 Å². The van der Waals surface area contributed by atoms with Gasteiger partial charge in [-0.3, -0.25) is 4.79 Å². The number of unbranched alkanes of at least 4 members (excludes halogenated alkanes) is 16. The van der Waals surface area contributed by atoms with Crippen LogP contribution in [0, 0.1) is 5.41 Å². The van der Waals surface area contributed by atoms with E-state index in [1.54, 1.807) is 0 Å². The van der Waals surface area contributed by atoms with Gasteiger partial charge in [-0.2, -0.15) is 0 Å². The summed E-state index contributed by atoms with van der Waals surface area (Å²) in [6.45, 7) is 6.63. The number of carbonyl (C=O) groups excluding carboxylic acids is 1. The second-order valence-corrected chi connectivity index (χ2v) is 9.21. The summed E-state index contributed by atoms with van der Waals surface area (Å²) < 4.78 is 5.10. The Morgan fingerprint density at radius 3 is 1.18 bits per heavy atom. The third kappa shape index (κ3) is 15.4. The van der Waals surface area contributed by atoms with Crippen LogP contribution in [-0.2, 0) is 9.53 Å². The first-order valence-electron chi connectivity index (χ1n) is 12.7. The summed E-state index contributed by atoms with van der Waals surface area (Å²) >= 11 is 0. The van der Waals surface area contributed by atoms with E-state index in [1.807, 2.05) is 0 Å². The van der Waals surface area contributed by atoms with E-state index in [0.29, 0.717) is 0 Å². The van der Waals surface area contributed by atoms with Crippen LogP contribution in [0.1, 0.15) is 149 Å². The Hall–Kier alpha value is -0.530. The highest BCUT2D eigenvalue weighted by atomic mass is 16.5. The molecule has 0 fully saturated rings. The summed E-state index contributed by atoms with van der Waals surface area (Å²) in [5, 5.41) is 0. The average molecular weight is 397 g/mol. The molecule has 0 aromatic rings. The number of hydrogen-bond acceptors (Lipinski definition) is 2. The minimum Gasteiger partial charge on any atom is -0.469 e. The normalized spacial score (nSPS) is 13.4. The fourth-order valence-electron chi connectivity index (χ4n) is 4.23. The van der Waals surface area contributed by atoms with Gasteiger partial charge in [-0.25, -0.2) is 0 Å². The van der Waals surface area contributed by atoms with Crippen LogP contribution in [0.15, 0.2) is 0 Å². The highest BCUT2D eigenvalue weighted by Gasteiger charge is 2.32. The molecule has 0 aliphatic carbocycles. The van der Waals surface area contributed by atoms with Crippen molar-refractivity contribution in [2.24, 2.45) is 5.41 Å². The third-order valence-corrected chi connectivity index (χ3v) is 6.34. The third-order valence-electron chi connectivity index (χ3n) is 6.34. The maximum Gasteiger partial charge on any atom is 0.311 e. The van der Waals surface area contributed by atoms with Crippen LogP contribution >= 0.6 is 0 Å². The van der Waals surface area contributed by atoms with Gasteiger partial charge in [0, 0.05) is 0 Å². The van der Waals surface area contributed by atoms with Crippen LogP contribution in [0.4, 0.5) is 0 Å². The van der Waals surface area contributed by atoms with Gasteiger partial charge < -0.3 is 4.74 Å². The smallest absolute Gasteiger partial charge is 0.311 e. The van der Waals surface area contributed by atoms with Crippen molar-refractivity contribution in [3.8, 4) is 0 Å². The van der Waals surface area contributed by atoms with Gasteiger partial charge >= 0.3 is 5.97 Å². The lowest BCUT2D eigenvalue weighted by Gasteiger charge is -2.26. The van der Waals surface area contributed by atoms with E-state index < -0.39 is 0 Å². The van der Waals surface area contributed by atoms with Crippen LogP contribution in [0.25, 0.3) is 0 Å². The zero-order valence-corrected chi connectivity index (χ0v) is 20.0. The minimum absolute atomic E-state index is 0.00121. The number of esters is 1. The molecule has 0 aliphatic rings. The zero-order valence-electron chi connectivity index (χ0n) is 20.0. The monoisotopic (exact) mass is 396 g/mol. The lowest BCUT2D eigenvalue weighted by atomic mass is 9.79. The molecule has 1 unspecified atom stereocenters. The Morgan fingerprint density at radius 2 is 0.857 bits per heavy atom. The highest BCUT2D eigenvalue weighted by Crippen LogP contribution is 2.32. The number of carbonyl (C=O) groups is 1. The van der Waals surface area contributed by atoms with E-state index in [1.165, 1.54) is 110 Å². The molecule has 0 amide bonds. The molecule has 0 radical (unpaired) electrons. The highest BCUT2D eigenvalue weighted by molar-refractivity contribution is 5.76. The summed E-state index contributed by atoms with van der Waals surface area (Å²) in [6, 6.07) is 0. The van der Waals surface area contributed by atoms with Crippen LogP contribution < -0.4 is 0 Å². The van der Waals surface area contributed by atoms with Crippen LogP contribution in [-0.4, -0.2) is 13.1 Å². The first kappa shape index (κ1) is 27.5. The maximum atomic E-state index is 12.2. The molecule has 2 nitrogen and oxygen atoms in total. The molecule has 0 rings (SSSR count). The molecule has 28 heavy (non-hydrogen) atoms. The molecule has 1 atom stereocenters. The molecular formula is C26H52O2. The van der Waals surface area contributed by atoms with E-state index in [0.717, 1.165) is 25.7 Å². The van der Waals surface area contributed by atoms with E-state index in [4.69, 9.17) is 4.74 Å². The van der Waals surface area contributed by atoms with Crippen molar-refractivity contribution in [2.75, 3.05) is 7.11 Å². The SMILES string of the molecule is CCCCCCCCCCCCCCCCC(C)(CCCCCC)C(=O)OC. The van der Waals surface area contributed by atoms with Gasteiger partial charge in [-0.15, -0.1) is 0 Å². The Bertz CT molecular complexity index is 339. The Balaban J connectivity index is 3.62. The van der Waals surface area contributed by atoms with Gasteiger partial charge in [0.2, 0.25) is 0 Å². The summed E-state index contributed by atoms with van der Waals surface area (Å²) in [4.78, 5) is 12.2. The molecule has 0 saturated heterocycles. The minimum atomic E-state index is -0.264. The Kier molecular flexibility index (Phi) is 19.4. The quantitative estimate of drug-likeness (QED) is 0.143. The van der Waals surface area contributed by atoms with Crippen LogP contribution in [0.5, 0.6) is 0 Å². The van der Waals surface area contributed by atoms with Gasteiger partial charge in [0.25, 0.3) is 0 Å². The molecule has 168 valence electrons. The number of rotatable bonds is 21. The molecular weight excluding hydrogens is 344 g/mol. The predicted molar refractivity (Wildman–Crippen MR) is 124 cm³/mol. The maximum absolute atomic E-state index is 12.2. The topological polar surface area (TPSA) is 26.3 Å². The first-order valence-corrected chi connectivity index (χ1v) is 12.7. The molecule has 0 heterocycles. The fourth-order valence-corrected chi connectivity index (χ4v) is 4.23. The summed E-state index contributed by atoms with van der Waals surface area (Å²) in [7, 11) is 1.54. The summed E-state index contributed by atoms with van der Waals surface area (Å²) in [6.07, 6.45) is 26.2. The number of methoxy groups -OCH3 is 1. The molecule has 0 aromatic heterocycles. The molecule has 0 N–H and O–H groups in total. The zero-order chi connectivity index (χ0) is 20.9. The largest absolute Gasteiger partial charge is 0.469 e. The van der Waals surface area contributed by atoms with E-state index in [9.17, 15) is 4.79 Å². The van der Waals surface area contributed by atoms with Gasteiger partial charge in [-0.1, -0.05) is 129 Å². The fraction of sp³-hybridized carbons (Fsp3) is 0.962. The predicted octanol–water partition coefficient (Wildman–Crippen LogP) is 9.01. The second kappa shape index (κ2) is 19.8. The molecule has 2 heteroatoms. The molecule has 0 saturated carbocycles. The molecule has 0 spiro atoms. The van der Waals surface area contributed by atoms with E-state index >= 15 is 0 Å². The molecule has 0 bridgehead atoms. The summed E-state index contributed by atoms with van der Waals surface area (Å²) in [5.74, 6) is -0.00121. The van der Waals surface area contributed by atoms with Crippen molar-refractivity contribution in [2.45, 2.75) is 149 Å². The summed E-state index contributed by atoms with van der Waals surface area (Å²) in [5.41, 5.74) is -0.264. The van der Waals surface area contributed by atoms with Crippen molar-refractivity contribution < 1.29 is 9.53 Å². The van der Waals surface area contributed by atoms with E-state index in [2.05, 4.69) is 20.8 Å². The van der Waals surface area contributed by atoms with Crippen LogP contribution in [0.3, 0.4) is 0 Å². The van der Waals surface area contributed by atoms with Gasteiger partial charge in [0.15, 0.2) is 0 Å². The molecule has 0 aliphatic heterocycles. The lowest BCUT2D eigenvalue weighted by molar-refractivity contribution is -0.152. The Morgan fingerprint density at radius 1 is 0.571 bits per heavy atom. The second-order valence-electron chi connectivity index (χ2n) is 9.21. The van der Waals surface area contributed by atoms with Crippen molar-refractivity contribution in [1.29, 1.82) is 0 Å². The van der Waals surface area contributed by atoms with Crippen molar-refractivity contribution in [1.82, 2.24) is 0 Å². The number of ether oxygens (including phenoxy) is 1. The van der Waals surface area contributed by atoms with Crippen LogP contribution in [0.2, 0.25) is 0 Å². The van der Waals surface area contributed by atoms with Gasteiger partial charge in [0.05, 0.1) is 12.5 Å². The van der Waals surface area contributed by atoms with Crippen molar-refractivity contribution in [3.05, 3.63) is 0 Å². The lowest BCUT2D eigenvalue weighted by Crippen LogP contribution is -2.29. The van der Waals surface area contributed by atoms with Gasteiger partial charge in [-0.05, 0) is 19.8 Å². The van der Waals surface area contributed by atoms with Crippen molar-refractivity contribution in [3.63, 3.8) is 0 Å². The van der Waals surface area contributed by atoms with E-state index in [-0.39, 0.29) is 11.4 Å².